The van der Waals surface area contributed by atoms with Crippen LogP contribution in [-0.2, 0) is 31.3 Å². The molecule has 4 aliphatic rings. The molecule has 1 aromatic carbocycles. The fourth-order valence-corrected chi connectivity index (χ4v) is 9.28. The Morgan fingerprint density at radius 1 is 0.907 bits per heavy atom. The molecule has 43 heavy (non-hydrogen) atoms. The van der Waals surface area contributed by atoms with Crippen molar-refractivity contribution in [3.8, 4) is 0 Å². The van der Waals surface area contributed by atoms with Crippen molar-refractivity contribution in [2.24, 2.45) is 5.41 Å². The predicted molar refractivity (Wildman–Crippen MR) is 178 cm³/mol. The second-order valence-corrected chi connectivity index (χ2v) is 22.3. The van der Waals surface area contributed by atoms with Gasteiger partial charge in [-0.25, -0.2) is 0 Å². The number of pyridine rings is 1. The van der Waals surface area contributed by atoms with Gasteiger partial charge < -0.3 is 13.9 Å². The van der Waals surface area contributed by atoms with Gasteiger partial charge in [0.15, 0.2) is 8.32 Å². The van der Waals surface area contributed by atoms with Crippen LogP contribution in [0.15, 0.2) is 24.3 Å². The molecule has 1 saturated heterocycles. The fraction of sp³-hybridized carbons (Fsp3) is 0.711. The first-order chi connectivity index (χ1) is 20.0. The Morgan fingerprint density at radius 3 is 2.12 bits per heavy atom. The van der Waals surface area contributed by atoms with E-state index in [2.05, 4.69) is 92.7 Å². The van der Waals surface area contributed by atoms with Crippen molar-refractivity contribution in [1.82, 2.24) is 4.98 Å². The van der Waals surface area contributed by atoms with E-state index in [0.29, 0.717) is 5.92 Å². The van der Waals surface area contributed by atoms with Crippen LogP contribution in [0.25, 0.3) is 0 Å². The van der Waals surface area contributed by atoms with Crippen molar-refractivity contribution < 1.29 is 13.9 Å². The Hall–Kier alpha value is -1.53. The van der Waals surface area contributed by atoms with Crippen molar-refractivity contribution in [3.63, 3.8) is 0 Å². The molecule has 0 amide bonds. The minimum absolute atomic E-state index is 0.0627. The Morgan fingerprint density at radius 2 is 1.53 bits per heavy atom. The van der Waals surface area contributed by atoms with E-state index >= 15 is 0 Å². The van der Waals surface area contributed by atoms with Gasteiger partial charge in [-0.05, 0) is 84.2 Å². The second kappa shape index (κ2) is 10.8. The first kappa shape index (κ1) is 31.4. The van der Waals surface area contributed by atoms with Crippen molar-refractivity contribution in [1.29, 1.82) is 0 Å². The van der Waals surface area contributed by atoms with Crippen LogP contribution in [0.3, 0.4) is 0 Å². The lowest BCUT2D eigenvalue weighted by molar-refractivity contribution is -0.0580. The summed E-state index contributed by atoms with van der Waals surface area (Å²) in [5.41, 5.74) is 9.52. The van der Waals surface area contributed by atoms with Crippen LogP contribution in [0.2, 0.25) is 18.1 Å². The lowest BCUT2D eigenvalue weighted by Crippen LogP contribution is -2.44. The van der Waals surface area contributed by atoms with Gasteiger partial charge in [-0.3, -0.25) is 4.98 Å². The zero-order valence-electron chi connectivity index (χ0n) is 28.8. The van der Waals surface area contributed by atoms with Gasteiger partial charge in [0, 0.05) is 36.0 Å². The summed E-state index contributed by atoms with van der Waals surface area (Å²) in [6.07, 6.45) is 8.72. The van der Waals surface area contributed by atoms with Gasteiger partial charge in [0.1, 0.15) is 6.10 Å². The zero-order chi connectivity index (χ0) is 31.0. The lowest BCUT2D eigenvalue weighted by atomic mass is 9.70. The number of nitrogens with zero attached hydrogens (tertiary/aromatic N) is 1. The highest BCUT2D eigenvalue weighted by Crippen LogP contribution is 2.61. The molecule has 6 rings (SSSR count). The van der Waals surface area contributed by atoms with Crippen LogP contribution in [0, 0.1) is 5.41 Å². The lowest BCUT2D eigenvalue weighted by Gasteiger charge is -2.45. The molecule has 1 saturated carbocycles. The average molecular weight is 604 g/mol. The molecule has 2 aliphatic heterocycles. The summed E-state index contributed by atoms with van der Waals surface area (Å²) in [4.78, 5) is 5.73. The van der Waals surface area contributed by atoms with Gasteiger partial charge in [-0.15, -0.1) is 0 Å². The number of rotatable bonds is 4. The molecule has 0 unspecified atom stereocenters. The summed E-state index contributed by atoms with van der Waals surface area (Å²) in [7, 11) is -2.04. The topological polar surface area (TPSA) is 40.6 Å². The standard InChI is InChI=1S/C38H57NO3Si/c1-35(2,3)27-15-13-26(14-16-27)34-31-32(38(41-34)19-11-12-20-38)30-28(39-33(31)25-17-21-40-22-18-25)23-37(7,8)24-29(30)42-43(9,10)36(4,5)6/h13-16,25,29,34H,11-12,17-24H2,1-10H3/t29-,34+/m0/s1. The summed E-state index contributed by atoms with van der Waals surface area (Å²) in [6.45, 7) is 25.3. The van der Waals surface area contributed by atoms with Gasteiger partial charge in [0.2, 0.25) is 0 Å². The highest BCUT2D eigenvalue weighted by atomic mass is 28.4. The van der Waals surface area contributed by atoms with Crippen LogP contribution in [0.4, 0.5) is 0 Å². The van der Waals surface area contributed by atoms with E-state index in [9.17, 15) is 0 Å². The van der Waals surface area contributed by atoms with Crippen LogP contribution >= 0.6 is 0 Å². The number of benzene rings is 1. The number of aromatic nitrogens is 1. The van der Waals surface area contributed by atoms with E-state index in [4.69, 9.17) is 18.9 Å². The Kier molecular flexibility index (Phi) is 7.88. The number of fused-ring (bicyclic) bond motifs is 4. The molecule has 0 radical (unpaired) electrons. The van der Waals surface area contributed by atoms with Gasteiger partial charge in [0.05, 0.1) is 17.4 Å². The smallest absolute Gasteiger partial charge is 0.192 e. The third-order valence-electron chi connectivity index (χ3n) is 11.5. The molecule has 2 aromatic rings. The van der Waals surface area contributed by atoms with Crippen molar-refractivity contribution >= 4 is 8.32 Å². The maximum absolute atomic E-state index is 7.47. The molecular formula is C38H57NO3Si. The second-order valence-electron chi connectivity index (χ2n) is 17.5. The molecule has 1 aromatic heterocycles. The van der Waals surface area contributed by atoms with E-state index in [1.807, 2.05) is 0 Å². The Labute approximate surface area is 262 Å². The van der Waals surface area contributed by atoms with E-state index in [0.717, 1.165) is 51.7 Å². The van der Waals surface area contributed by atoms with Gasteiger partial charge in [0.25, 0.3) is 0 Å². The van der Waals surface area contributed by atoms with E-state index in [-0.39, 0.29) is 33.7 Å². The van der Waals surface area contributed by atoms with E-state index < -0.39 is 8.32 Å². The summed E-state index contributed by atoms with van der Waals surface area (Å²) >= 11 is 0. The van der Waals surface area contributed by atoms with Crippen LogP contribution in [-0.4, -0.2) is 26.5 Å². The Balaban J connectivity index is 1.59. The molecule has 0 bridgehead atoms. The minimum Gasteiger partial charge on any atom is -0.410 e. The first-order valence-corrected chi connectivity index (χ1v) is 20.0. The Bertz CT molecular complexity index is 1340. The molecule has 2 fully saturated rings. The molecule has 236 valence electrons. The first-order valence-electron chi connectivity index (χ1n) is 17.1. The molecule has 5 heteroatoms. The van der Waals surface area contributed by atoms with Gasteiger partial charge >= 0.3 is 0 Å². The molecule has 3 heterocycles. The molecule has 4 nitrogen and oxygen atoms in total. The van der Waals surface area contributed by atoms with Crippen molar-refractivity contribution in [3.05, 3.63) is 63.5 Å². The summed E-state index contributed by atoms with van der Waals surface area (Å²) in [5, 5.41) is 0.145. The predicted octanol–water partition coefficient (Wildman–Crippen LogP) is 10.2. The minimum atomic E-state index is -2.04. The molecular weight excluding hydrogens is 547 g/mol. The highest BCUT2D eigenvalue weighted by molar-refractivity contribution is 6.74. The highest BCUT2D eigenvalue weighted by Gasteiger charge is 2.54. The van der Waals surface area contributed by atoms with Crippen LogP contribution < -0.4 is 0 Å². The van der Waals surface area contributed by atoms with Gasteiger partial charge in [-0.1, -0.05) is 92.5 Å². The normalized spacial score (nSPS) is 25.6. The fourth-order valence-electron chi connectivity index (χ4n) is 8.02. The average Bonchev–Trinajstić information content (AvgIpc) is 3.52. The number of hydrogen-bond donors (Lipinski definition) is 0. The number of ether oxygens (including phenoxy) is 2. The molecule has 0 N–H and O–H groups in total. The molecule has 2 atom stereocenters. The third kappa shape index (κ3) is 5.70. The maximum Gasteiger partial charge on any atom is 0.192 e. The van der Waals surface area contributed by atoms with Gasteiger partial charge in [-0.2, -0.15) is 0 Å². The van der Waals surface area contributed by atoms with Crippen LogP contribution in [0.5, 0.6) is 0 Å². The largest absolute Gasteiger partial charge is 0.410 e. The summed E-state index contributed by atoms with van der Waals surface area (Å²) in [6, 6.07) is 9.32. The summed E-state index contributed by atoms with van der Waals surface area (Å²) in [5.74, 6) is 0.411. The van der Waals surface area contributed by atoms with Crippen molar-refractivity contribution in [2.45, 2.75) is 154 Å². The molecule has 1 spiro atoms. The summed E-state index contributed by atoms with van der Waals surface area (Å²) < 4.78 is 20.8. The van der Waals surface area contributed by atoms with Crippen molar-refractivity contribution in [2.75, 3.05) is 13.2 Å². The maximum atomic E-state index is 7.47. The van der Waals surface area contributed by atoms with E-state index in [1.54, 1.807) is 0 Å². The third-order valence-corrected chi connectivity index (χ3v) is 16.0. The number of hydrogen-bond acceptors (Lipinski definition) is 4. The monoisotopic (exact) mass is 603 g/mol. The zero-order valence-corrected chi connectivity index (χ0v) is 29.8. The SMILES string of the molecule is CC1(C)Cc2nc(C3CCOCC3)c3c(c2[C@@H](O[Si](C)(C)C(C)(C)C)C1)C1(CCCC1)O[C@@H]3c1ccc(C(C)(C)C)cc1. The quantitative estimate of drug-likeness (QED) is 0.326. The van der Waals surface area contributed by atoms with Crippen LogP contribution in [0.1, 0.15) is 158 Å². The molecule has 2 aliphatic carbocycles. The van der Waals surface area contributed by atoms with E-state index in [1.165, 1.54) is 52.0 Å².